The first kappa shape index (κ1) is 22.9. The molecule has 2 fully saturated rings. The van der Waals surface area contributed by atoms with Crippen LogP contribution in [0.2, 0.25) is 0 Å². The van der Waals surface area contributed by atoms with Crippen molar-refractivity contribution in [1.29, 1.82) is 0 Å². The van der Waals surface area contributed by atoms with Crippen molar-refractivity contribution in [3.8, 4) is 17.0 Å². The summed E-state index contributed by atoms with van der Waals surface area (Å²) in [5.74, 6) is 0.991. The van der Waals surface area contributed by atoms with Crippen molar-refractivity contribution in [2.45, 2.75) is 29.7 Å². The maximum atomic E-state index is 13.3. The summed E-state index contributed by atoms with van der Waals surface area (Å²) in [7, 11) is -2.75. The van der Waals surface area contributed by atoms with Gasteiger partial charge in [0.25, 0.3) is 0 Å². The third-order valence-corrected chi connectivity index (χ3v) is 7.87. The Morgan fingerprint density at radius 2 is 2.03 bits per heavy atom. The Hall–Kier alpha value is -2.55. The fourth-order valence-electron chi connectivity index (χ4n) is 4.41. The molecule has 186 valence electrons. The normalized spacial score (nSPS) is 26.8. The second-order valence-corrected chi connectivity index (χ2v) is 10.5. The molecule has 0 spiro atoms. The van der Waals surface area contributed by atoms with Crippen molar-refractivity contribution >= 4 is 36.9 Å². The number of hydrogen-bond acceptors (Lipinski definition) is 11. The van der Waals surface area contributed by atoms with E-state index in [0.29, 0.717) is 16.6 Å². The number of benzene rings is 1. The zero-order valence-corrected chi connectivity index (χ0v) is 20.3. The van der Waals surface area contributed by atoms with E-state index in [4.69, 9.17) is 18.5 Å². The van der Waals surface area contributed by atoms with Gasteiger partial charge in [-0.2, -0.15) is 0 Å². The number of fused-ring (bicyclic) bond motifs is 3. The predicted octanol–water partition coefficient (Wildman–Crippen LogP) is 0.838. The van der Waals surface area contributed by atoms with E-state index in [0.717, 1.165) is 5.56 Å². The van der Waals surface area contributed by atoms with Crippen molar-refractivity contribution < 1.29 is 33.4 Å². The van der Waals surface area contributed by atoms with Crippen LogP contribution in [-0.4, -0.2) is 77.1 Å². The quantitative estimate of drug-likeness (QED) is 0.221. The summed E-state index contributed by atoms with van der Waals surface area (Å²) in [5.41, 5.74) is 1.42. The van der Waals surface area contributed by atoms with Crippen LogP contribution in [0, 0.1) is 0 Å². The number of aromatic nitrogens is 5. The zero-order valence-electron chi connectivity index (χ0n) is 18.5. The van der Waals surface area contributed by atoms with Gasteiger partial charge in [0.15, 0.2) is 0 Å². The van der Waals surface area contributed by atoms with E-state index in [1.165, 1.54) is 20.7 Å². The molecule has 0 aliphatic carbocycles. The predicted molar refractivity (Wildman–Crippen MR) is 126 cm³/mol. The molecule has 1 aromatic carbocycles. The summed E-state index contributed by atoms with van der Waals surface area (Å²) >= 11 is 1.25. The van der Waals surface area contributed by atoms with Crippen molar-refractivity contribution in [3.05, 3.63) is 40.8 Å². The SMILES string of the molecule is COc1ccc(-c2cn3c(=O)c4nc(SC)n([C@@H]5OC6CO[PH](O)(O)O[C@H]6C5O)c4nc3[nH]2)cc1. The average Bonchev–Trinajstić information content (AvgIpc) is 3.53. The second-order valence-electron chi connectivity index (χ2n) is 8.15. The van der Waals surface area contributed by atoms with Gasteiger partial charge in [0.1, 0.15) is 5.75 Å². The third-order valence-electron chi connectivity index (χ3n) is 6.09. The Balaban J connectivity index is 1.46. The zero-order chi connectivity index (χ0) is 24.5. The number of aromatic amines is 1. The van der Waals surface area contributed by atoms with Crippen LogP contribution in [0.4, 0.5) is 0 Å². The van der Waals surface area contributed by atoms with E-state index < -0.39 is 38.3 Å². The average molecular weight is 523 g/mol. The first-order valence-corrected chi connectivity index (χ1v) is 13.5. The van der Waals surface area contributed by atoms with Gasteiger partial charge in [-0.3, -0.25) is 0 Å². The summed E-state index contributed by atoms with van der Waals surface area (Å²) in [4.78, 5) is 45.2. The van der Waals surface area contributed by atoms with Gasteiger partial charge in [0.2, 0.25) is 0 Å². The molecule has 0 bridgehead atoms. The molecule has 2 aliphatic rings. The van der Waals surface area contributed by atoms with Crippen LogP contribution in [0.3, 0.4) is 0 Å². The molecule has 2 unspecified atom stereocenters. The number of aliphatic hydroxyl groups is 1. The topological polar surface area (TPSA) is 166 Å². The number of rotatable bonds is 4. The van der Waals surface area contributed by atoms with Gasteiger partial charge in [-0.15, -0.1) is 0 Å². The van der Waals surface area contributed by atoms with Gasteiger partial charge in [0.05, 0.1) is 7.11 Å². The summed E-state index contributed by atoms with van der Waals surface area (Å²) in [5, 5.41) is 11.3. The Bertz CT molecular complexity index is 1480. The minimum absolute atomic E-state index is 0.100. The third kappa shape index (κ3) is 3.65. The molecule has 3 aromatic heterocycles. The summed E-state index contributed by atoms with van der Waals surface area (Å²) in [6.07, 6.45) is -0.641. The number of ether oxygens (including phenoxy) is 2. The molecule has 0 amide bonds. The number of aliphatic hydroxyl groups excluding tert-OH is 1. The molecular weight excluding hydrogens is 501 g/mol. The Morgan fingerprint density at radius 3 is 2.74 bits per heavy atom. The first-order chi connectivity index (χ1) is 16.8. The monoisotopic (exact) mass is 523 g/mol. The Kier molecular flexibility index (Phi) is 5.39. The van der Waals surface area contributed by atoms with Crippen LogP contribution in [0.25, 0.3) is 28.2 Å². The number of thioether (sulfide) groups is 1. The van der Waals surface area contributed by atoms with Gasteiger partial charge in [0, 0.05) is 0 Å². The molecule has 0 radical (unpaired) electrons. The molecule has 4 N–H and O–H groups in total. The van der Waals surface area contributed by atoms with E-state index >= 15 is 0 Å². The molecule has 2 aliphatic heterocycles. The molecule has 4 atom stereocenters. The summed E-state index contributed by atoms with van der Waals surface area (Å²) < 4.78 is 24.2. The standard InChI is InChI=1S/C20H22N5O8PS/c1-30-10-5-3-9(4-6-10)11-7-24-17(27)13-16(23-19(24)21-11)25(20(22-13)35-2)18-14(26)15-12(32-18)8-31-34(28,29)33-15/h3-7,12,14-15,18,26,28-29,34H,8H2,1-2H3,(H,21,23)/t12?,14?,15-,18-/m1/s1. The van der Waals surface area contributed by atoms with Crippen molar-refractivity contribution in [2.75, 3.05) is 20.0 Å². The number of imidazole rings is 2. The van der Waals surface area contributed by atoms with Gasteiger partial charge >= 0.3 is 172 Å². The second kappa shape index (κ2) is 8.25. The molecule has 4 aromatic rings. The van der Waals surface area contributed by atoms with E-state index in [1.54, 1.807) is 19.6 Å². The Labute approximate surface area is 201 Å². The summed E-state index contributed by atoms with van der Waals surface area (Å²) in [6, 6.07) is 7.34. The van der Waals surface area contributed by atoms with E-state index in [-0.39, 0.29) is 23.5 Å². The minimum Gasteiger partial charge on any atom is -0.0193 e. The van der Waals surface area contributed by atoms with Crippen molar-refractivity contribution in [3.63, 3.8) is 0 Å². The summed E-state index contributed by atoms with van der Waals surface area (Å²) in [6.45, 7) is -0.152. The molecule has 5 heterocycles. The fourth-order valence-corrected chi connectivity index (χ4v) is 6.08. The van der Waals surface area contributed by atoms with Crippen LogP contribution >= 0.6 is 19.9 Å². The number of H-pyrrole nitrogens is 1. The van der Waals surface area contributed by atoms with Gasteiger partial charge in [-0.1, -0.05) is 0 Å². The van der Waals surface area contributed by atoms with Crippen molar-refractivity contribution in [1.82, 2.24) is 23.9 Å². The van der Waals surface area contributed by atoms with Crippen LogP contribution in [0.5, 0.6) is 5.75 Å². The van der Waals surface area contributed by atoms with Crippen LogP contribution in [0.1, 0.15) is 6.23 Å². The number of hydrogen-bond donors (Lipinski definition) is 4. The van der Waals surface area contributed by atoms with Gasteiger partial charge in [-0.25, -0.2) is 0 Å². The Morgan fingerprint density at radius 1 is 1.26 bits per heavy atom. The van der Waals surface area contributed by atoms with Crippen LogP contribution < -0.4 is 10.3 Å². The molecule has 0 saturated carbocycles. The number of nitrogens with one attached hydrogen (secondary N) is 1. The minimum atomic E-state index is -4.34. The van der Waals surface area contributed by atoms with E-state index in [1.807, 2.05) is 24.3 Å². The molecule has 2 saturated heterocycles. The van der Waals surface area contributed by atoms with Crippen molar-refractivity contribution in [2.24, 2.45) is 0 Å². The van der Waals surface area contributed by atoms with E-state index in [2.05, 4.69) is 15.0 Å². The number of methoxy groups -OCH3 is 1. The fraction of sp³-hybridized carbons (Fsp3) is 0.350. The molecule has 35 heavy (non-hydrogen) atoms. The van der Waals surface area contributed by atoms with Gasteiger partial charge < -0.3 is 4.74 Å². The molecule has 13 nitrogen and oxygen atoms in total. The number of nitrogens with zero attached hydrogens (tertiary/aromatic N) is 4. The van der Waals surface area contributed by atoms with Crippen LogP contribution in [-0.2, 0) is 13.8 Å². The smallest absolute Gasteiger partial charge is 0.0193 e. The molecular formula is C20H22N5O8PS. The first-order valence-electron chi connectivity index (χ1n) is 10.6. The molecule has 6 rings (SSSR count). The van der Waals surface area contributed by atoms with Crippen LogP contribution in [0.15, 0.2) is 40.4 Å². The maximum absolute atomic E-state index is 13.3. The van der Waals surface area contributed by atoms with Gasteiger partial charge in [-0.05, 0) is 12.1 Å². The van der Waals surface area contributed by atoms with E-state index in [9.17, 15) is 19.7 Å². The molecule has 15 heteroatoms.